The Kier molecular flexibility index (Phi) is 20.9. The second kappa shape index (κ2) is 28.3. The van der Waals surface area contributed by atoms with Gasteiger partial charge in [-0.2, -0.15) is 0 Å². The van der Waals surface area contributed by atoms with E-state index >= 15 is 9.18 Å². The number of unbranched alkanes of at least 4 members (excludes halogenated alkanes) is 10. The van der Waals surface area contributed by atoms with Gasteiger partial charge in [0.25, 0.3) is 5.69 Å². The lowest BCUT2D eigenvalue weighted by Crippen LogP contribution is -2.70. The van der Waals surface area contributed by atoms with E-state index in [0.717, 1.165) is 78.8 Å². The van der Waals surface area contributed by atoms with E-state index in [2.05, 4.69) is 43.8 Å². The smallest absolute Gasteiger partial charge is 0.269 e. The van der Waals surface area contributed by atoms with Gasteiger partial charge in [-0.3, -0.25) is 14.9 Å². The highest BCUT2D eigenvalue weighted by atomic mass is 19.1. The number of allylic oxidation sites excluding steroid dienone is 1. The van der Waals surface area contributed by atoms with Crippen molar-refractivity contribution in [1.82, 2.24) is 4.90 Å². The number of benzene rings is 5. The molecule has 1 amide bonds. The van der Waals surface area contributed by atoms with Gasteiger partial charge in [-0.05, 0) is 108 Å². The Balaban J connectivity index is 1.28. The maximum atomic E-state index is 15.6. The number of non-ortho nitro benzene ring substituents is 1. The predicted octanol–water partition coefficient (Wildman–Crippen LogP) is 14.2. The summed E-state index contributed by atoms with van der Waals surface area (Å²) in [4.78, 5) is 35.0. The van der Waals surface area contributed by atoms with Crippen LogP contribution in [-0.4, -0.2) is 63.3 Å². The molecule has 1 fully saturated rings. The molecule has 6 atom stereocenters. The molecule has 0 radical (unpaired) electrons. The largest absolute Gasteiger partial charge is 0.489 e. The van der Waals surface area contributed by atoms with Crippen LogP contribution in [-0.2, 0) is 34.1 Å². The number of nitro groups is 1. The molecule has 5 aromatic carbocycles. The Morgan fingerprint density at radius 3 is 2.29 bits per heavy atom. The Morgan fingerprint density at radius 1 is 0.844 bits per heavy atom. The van der Waals surface area contributed by atoms with Crippen molar-refractivity contribution in [2.75, 3.05) is 19.8 Å². The average Bonchev–Trinajstić information content (AvgIpc) is 3.64. The molecule has 1 aliphatic heterocycles. The Morgan fingerprint density at radius 2 is 1.55 bits per heavy atom. The summed E-state index contributed by atoms with van der Waals surface area (Å²) in [5.74, 6) is -1.67. The van der Waals surface area contributed by atoms with E-state index in [4.69, 9.17) is 24.2 Å². The van der Waals surface area contributed by atoms with Crippen LogP contribution in [0.2, 0.25) is 0 Å². The van der Waals surface area contributed by atoms with Crippen LogP contribution in [0.5, 0.6) is 11.5 Å². The average molecular weight is 1050 g/mol. The first kappa shape index (κ1) is 56.8. The first-order valence-corrected chi connectivity index (χ1v) is 28.3. The summed E-state index contributed by atoms with van der Waals surface area (Å²) in [6, 6.07) is 32.3. The molecule has 0 spiro atoms. The van der Waals surface area contributed by atoms with E-state index in [1.54, 1.807) is 36.4 Å². The second-order valence-corrected chi connectivity index (χ2v) is 21.1. The highest BCUT2D eigenvalue weighted by molar-refractivity contribution is 6.03. The predicted molar refractivity (Wildman–Crippen MR) is 300 cm³/mol. The lowest BCUT2D eigenvalue weighted by Gasteiger charge is -2.60. The molecule has 0 aromatic heterocycles. The lowest BCUT2D eigenvalue weighted by molar-refractivity contribution is -0.384. The van der Waals surface area contributed by atoms with E-state index in [1.165, 1.54) is 50.3 Å². The van der Waals surface area contributed by atoms with Crippen LogP contribution in [0.15, 0.2) is 139 Å². The maximum absolute atomic E-state index is 15.6. The van der Waals surface area contributed by atoms with Crippen molar-refractivity contribution < 1.29 is 43.4 Å². The van der Waals surface area contributed by atoms with Gasteiger partial charge < -0.3 is 34.2 Å². The summed E-state index contributed by atoms with van der Waals surface area (Å²) < 4.78 is 36.3. The number of aliphatic hydroxyl groups excluding tert-OH is 2. The number of ether oxygens (including phenoxy) is 3. The van der Waals surface area contributed by atoms with Gasteiger partial charge in [0, 0.05) is 61.8 Å². The topological polar surface area (TPSA) is 153 Å². The first-order valence-electron chi connectivity index (χ1n) is 28.3. The SMILES string of the molecule is C=CCOC12Oc3ccc(OCc4ccccc4F)cc3C3C(CCCCO)C(CCCCO)C=C(C(=NOCc4ccc([N+](=O)[O-])cc4)CC1N(Cc1cccc4ccccc14)C(=O)CCCCCCCCCCC)C32. The van der Waals surface area contributed by atoms with Gasteiger partial charge >= 0.3 is 0 Å². The molecule has 5 aromatic rings. The van der Waals surface area contributed by atoms with Crippen LogP contribution in [0.1, 0.15) is 144 Å². The van der Waals surface area contributed by atoms with Crippen LogP contribution < -0.4 is 9.47 Å². The molecule has 410 valence electrons. The molecule has 2 aliphatic carbocycles. The van der Waals surface area contributed by atoms with Gasteiger partial charge in [0.05, 0.1) is 23.2 Å². The van der Waals surface area contributed by atoms with E-state index in [-0.39, 0.29) is 81.2 Å². The summed E-state index contributed by atoms with van der Waals surface area (Å²) in [7, 11) is 0. The van der Waals surface area contributed by atoms with Crippen molar-refractivity contribution in [2.45, 2.75) is 154 Å². The van der Waals surface area contributed by atoms with Gasteiger partial charge in [-0.25, -0.2) is 4.39 Å². The van der Waals surface area contributed by atoms with E-state index < -0.39 is 22.7 Å². The Bertz CT molecular complexity index is 2790. The number of hydrogen-bond donors (Lipinski definition) is 2. The number of oxime groups is 1. The number of carbonyl (C=O) groups is 1. The standard InChI is InChI=1S/C64H78FN3O9/c1-3-5-6-7-8-9-10-11-12-30-61(71)67(43-49-26-21-25-47-22-13-15-27-53(47)49)60-42-58(66-76-44-46-31-33-51(34-32-46)68(72)73)55-40-48(23-17-19-37-69)54(28-18-20-38-70)62-56-41-52(74-45-50-24-14-16-29-57(50)65)35-36-59(56)77-64(60,63(55)62)75-39-4-2/h4,13-16,21-22,24-27,29,31-36,40-41,48,54,60,62-63,69-70H,2-3,5-12,17-20,23,28,30,37-39,42-45H2,1H3. The molecule has 1 saturated carbocycles. The minimum absolute atomic E-state index is 0.0108. The number of fused-ring (bicyclic) bond motifs is 3. The lowest BCUT2D eigenvalue weighted by atomic mass is 9.55. The van der Waals surface area contributed by atoms with Crippen molar-refractivity contribution in [3.8, 4) is 11.5 Å². The Labute approximate surface area is 454 Å². The number of halogens is 1. The van der Waals surface area contributed by atoms with Crippen LogP contribution in [0.4, 0.5) is 10.1 Å². The van der Waals surface area contributed by atoms with Gasteiger partial charge in [0.1, 0.15) is 36.6 Å². The third-order valence-corrected chi connectivity index (χ3v) is 16.0. The van der Waals surface area contributed by atoms with Crippen LogP contribution in [0, 0.1) is 33.7 Å². The fourth-order valence-corrected chi connectivity index (χ4v) is 12.1. The number of carbonyl (C=O) groups excluding carboxylic acids is 1. The number of nitrogens with zero attached hydrogens (tertiary/aromatic N) is 3. The molecule has 0 bridgehead atoms. The molecule has 2 N–H and O–H groups in total. The minimum Gasteiger partial charge on any atom is -0.489 e. The van der Waals surface area contributed by atoms with Crippen molar-refractivity contribution in [1.29, 1.82) is 0 Å². The molecule has 0 saturated heterocycles. The van der Waals surface area contributed by atoms with Crippen LogP contribution in [0.25, 0.3) is 10.8 Å². The van der Waals surface area contributed by atoms with Gasteiger partial charge in [0.15, 0.2) is 0 Å². The third-order valence-electron chi connectivity index (χ3n) is 16.0. The molecule has 1 heterocycles. The zero-order valence-corrected chi connectivity index (χ0v) is 44.9. The number of nitro benzene ring substituents is 1. The molecular formula is C64H78FN3O9. The summed E-state index contributed by atoms with van der Waals surface area (Å²) in [5, 5.41) is 38.9. The zero-order chi connectivity index (χ0) is 54.0. The molecule has 13 heteroatoms. The number of aliphatic hydroxyl groups is 2. The quantitative estimate of drug-likeness (QED) is 0.0191. The molecule has 6 unspecified atom stereocenters. The third kappa shape index (κ3) is 14.0. The van der Waals surface area contributed by atoms with E-state index in [1.807, 2.05) is 41.3 Å². The summed E-state index contributed by atoms with van der Waals surface area (Å²) in [6.07, 6.45) is 18.8. The fraction of sp³-hybridized carbons (Fsp3) is 0.469. The highest BCUT2D eigenvalue weighted by Crippen LogP contribution is 2.62. The van der Waals surface area contributed by atoms with Gasteiger partial charge in [-0.15, -0.1) is 6.58 Å². The molecule has 8 rings (SSSR count). The Hall–Kier alpha value is -6.41. The van der Waals surface area contributed by atoms with E-state index in [9.17, 15) is 20.3 Å². The number of hydrogen-bond acceptors (Lipinski definition) is 10. The van der Waals surface area contributed by atoms with Crippen LogP contribution >= 0.6 is 0 Å². The highest BCUT2D eigenvalue weighted by Gasteiger charge is 2.65. The van der Waals surface area contributed by atoms with Gasteiger partial charge in [0.2, 0.25) is 11.7 Å². The van der Waals surface area contributed by atoms with Crippen molar-refractivity contribution >= 4 is 28.1 Å². The summed E-state index contributed by atoms with van der Waals surface area (Å²) >= 11 is 0. The monoisotopic (exact) mass is 1050 g/mol. The minimum atomic E-state index is -1.49. The molecule has 77 heavy (non-hydrogen) atoms. The first-order chi connectivity index (χ1) is 37.7. The van der Waals surface area contributed by atoms with Crippen LogP contribution in [0.3, 0.4) is 0 Å². The van der Waals surface area contributed by atoms with Crippen molar-refractivity contribution in [3.63, 3.8) is 0 Å². The zero-order valence-electron chi connectivity index (χ0n) is 44.9. The van der Waals surface area contributed by atoms with E-state index in [0.29, 0.717) is 47.6 Å². The van der Waals surface area contributed by atoms with Gasteiger partial charge in [-0.1, -0.05) is 149 Å². The summed E-state index contributed by atoms with van der Waals surface area (Å²) in [5.41, 5.74) is 4.49. The molecule has 3 aliphatic rings. The molecule has 12 nitrogen and oxygen atoms in total. The van der Waals surface area contributed by atoms with Crippen molar-refractivity contribution in [3.05, 3.63) is 172 Å². The summed E-state index contributed by atoms with van der Waals surface area (Å²) in [6.45, 7) is 6.89. The fourth-order valence-electron chi connectivity index (χ4n) is 12.1. The normalized spacial score (nSPS) is 20.9. The maximum Gasteiger partial charge on any atom is 0.269 e. The molecular weight excluding hydrogens is 974 g/mol. The second-order valence-electron chi connectivity index (χ2n) is 21.1. The number of amides is 1. The number of rotatable bonds is 31. The van der Waals surface area contributed by atoms with Crippen molar-refractivity contribution in [2.24, 2.45) is 22.9 Å².